The zero-order chi connectivity index (χ0) is 96.7. The van der Waals surface area contributed by atoms with Crippen LogP contribution in [0.5, 0.6) is 0 Å². The van der Waals surface area contributed by atoms with Crippen LogP contribution < -0.4 is 0 Å². The highest BCUT2D eigenvalue weighted by Gasteiger charge is 2.69. The second kappa shape index (κ2) is 39.7. The fourth-order valence-electron chi connectivity index (χ4n) is 20.9. The third-order valence-electron chi connectivity index (χ3n) is 32.8. The number of rotatable bonds is 26. The van der Waals surface area contributed by atoms with E-state index in [-0.39, 0.29) is 155 Å². The molecule has 2 heterocycles. The number of carbonyl (C=O) groups is 11. The zero-order valence-electron chi connectivity index (χ0n) is 85.0. The molecule has 0 N–H and O–H groups in total. The zero-order valence-corrected chi connectivity index (χ0v) is 85.0. The largest absolute Gasteiger partial charge is 0.462 e. The summed E-state index contributed by atoms with van der Waals surface area (Å²) < 4.78 is 69.3. The molecule has 728 valence electrons. The maximum atomic E-state index is 13.2. The minimum Gasteiger partial charge on any atom is -0.462 e. The van der Waals surface area contributed by atoms with Gasteiger partial charge in [0.25, 0.3) is 0 Å². The molecular weight excluding hydrogens is 1630 g/mol. The fraction of sp³-hybridized carbons (Fsp3) is 0.885. The minimum absolute atomic E-state index is 0.00702. The molecule has 10 bridgehead atoms. The highest BCUT2D eigenvalue weighted by molar-refractivity contribution is 6.01. The molecule has 0 aromatic carbocycles. The molecule has 0 aromatic rings. The lowest BCUT2D eigenvalue weighted by molar-refractivity contribution is -0.193. The van der Waals surface area contributed by atoms with Gasteiger partial charge in [-0.15, -0.1) is 0 Å². The molecule has 24 nitrogen and oxygen atoms in total. The van der Waals surface area contributed by atoms with Crippen molar-refractivity contribution >= 4 is 65.7 Å². The Morgan fingerprint density at radius 1 is 0.375 bits per heavy atom. The van der Waals surface area contributed by atoms with Crippen LogP contribution in [0.15, 0.2) is 0 Å². The number of esters is 11. The first kappa shape index (κ1) is 107. The first-order valence-corrected chi connectivity index (χ1v) is 49.2. The summed E-state index contributed by atoms with van der Waals surface area (Å²) in [6, 6.07) is 2.30. The van der Waals surface area contributed by atoms with E-state index < -0.39 is 88.7 Å². The molecule has 0 radical (unpaired) electrons. The Balaban J connectivity index is 0.000000198. The molecule has 128 heavy (non-hydrogen) atoms. The molecule has 19 atom stereocenters. The van der Waals surface area contributed by atoms with E-state index in [9.17, 15) is 58.0 Å². The van der Waals surface area contributed by atoms with Crippen molar-refractivity contribution in [3.05, 3.63) is 0 Å². The molecule has 12 aliphatic rings. The molecule has 24 heteroatoms. The van der Waals surface area contributed by atoms with E-state index in [1.54, 1.807) is 41.5 Å². The van der Waals surface area contributed by atoms with Gasteiger partial charge in [-0.05, 0) is 393 Å². The lowest BCUT2D eigenvalue weighted by Crippen LogP contribution is -2.51. The summed E-state index contributed by atoms with van der Waals surface area (Å²) in [6.45, 7) is 61.5. The summed E-state index contributed by atoms with van der Waals surface area (Å²) in [5, 5.41) is 9.84. The van der Waals surface area contributed by atoms with Crippen LogP contribution in [0.1, 0.15) is 401 Å². The van der Waals surface area contributed by atoms with Crippen molar-refractivity contribution in [2.45, 2.75) is 478 Å². The number of ether oxygens (including phenoxy) is 12. The quantitative estimate of drug-likeness (QED) is 0.0441. The predicted octanol–water partition coefficient (Wildman–Crippen LogP) is 21.2. The van der Waals surface area contributed by atoms with Gasteiger partial charge in [-0.3, -0.25) is 52.7 Å². The molecular formula is C104H169NO23. The van der Waals surface area contributed by atoms with Crippen LogP contribution in [0.4, 0.5) is 0 Å². The van der Waals surface area contributed by atoms with Crippen LogP contribution in [-0.4, -0.2) is 142 Å². The van der Waals surface area contributed by atoms with Crippen LogP contribution in [-0.2, 0) is 110 Å². The van der Waals surface area contributed by atoms with E-state index in [1.165, 1.54) is 0 Å². The van der Waals surface area contributed by atoms with Gasteiger partial charge < -0.3 is 56.8 Å². The van der Waals surface area contributed by atoms with E-state index >= 15 is 0 Å². The molecule has 12 fully saturated rings. The van der Waals surface area contributed by atoms with Gasteiger partial charge in [-0.25, -0.2) is 0 Å². The molecule has 2 saturated heterocycles. The predicted molar refractivity (Wildman–Crippen MR) is 484 cm³/mol. The van der Waals surface area contributed by atoms with Gasteiger partial charge in [0, 0.05) is 6.42 Å². The van der Waals surface area contributed by atoms with E-state index in [0.29, 0.717) is 63.7 Å². The van der Waals surface area contributed by atoms with Gasteiger partial charge in [-0.2, -0.15) is 5.26 Å². The molecule has 10 aliphatic carbocycles. The highest BCUT2D eigenvalue weighted by atomic mass is 16.6. The van der Waals surface area contributed by atoms with E-state index in [1.807, 2.05) is 152 Å². The molecule has 19 unspecified atom stereocenters. The lowest BCUT2D eigenvalue weighted by Gasteiger charge is -2.39. The third kappa shape index (κ3) is 24.0. The van der Waals surface area contributed by atoms with Gasteiger partial charge in [-0.1, -0.05) is 55.4 Å². The van der Waals surface area contributed by atoms with E-state index in [0.717, 1.165) is 122 Å². The highest BCUT2D eigenvalue weighted by Crippen LogP contribution is 2.63. The Morgan fingerprint density at radius 3 is 1.04 bits per heavy atom. The molecule has 12 rings (SSSR count). The van der Waals surface area contributed by atoms with Crippen LogP contribution in [0.25, 0.3) is 0 Å². The molecule has 0 spiro atoms. The second-order valence-electron chi connectivity index (χ2n) is 48.5. The van der Waals surface area contributed by atoms with Crippen LogP contribution in [0.2, 0.25) is 0 Å². The Kier molecular flexibility index (Phi) is 33.1. The Labute approximate surface area is 768 Å². The summed E-state index contributed by atoms with van der Waals surface area (Å²) in [6.07, 6.45) is 21.2. The van der Waals surface area contributed by atoms with Crippen molar-refractivity contribution in [3.8, 4) is 6.07 Å². The maximum Gasteiger partial charge on any atom is 0.327 e. The number of nitrogens with zero attached hydrogens (tertiary/aromatic N) is 1. The minimum atomic E-state index is -1.32. The Morgan fingerprint density at radius 2 is 0.719 bits per heavy atom. The summed E-state index contributed by atoms with van der Waals surface area (Å²) in [5.41, 5.74) is -8.68. The van der Waals surface area contributed by atoms with Crippen molar-refractivity contribution in [1.29, 1.82) is 5.26 Å². The van der Waals surface area contributed by atoms with E-state index in [4.69, 9.17) is 56.8 Å². The summed E-state index contributed by atoms with van der Waals surface area (Å²) in [5.74, 6) is -1.83. The molecule has 0 aromatic heterocycles. The SMILES string of the molecule is CCC(C)(C)C(=O)OC1CC2CC(C(=O)OC(C)(C)C)C1O2.CCC(C)(C)C(=O)OC1CC2CC1CC2(C#N)C(=O)OC1(C)CCCC1.CCC(C)(C)C(=O)OC1CC2CC1CC2(C(=O)OC(C)(C)C)C(=O)OC(C)(C)C.CCC(C)(C)C(=O)OC1CC2CC1CC2(C)C(=O)OC(C)(C)C(C)C.CCC1(OC(=O)C2(C)CC3CC2CC3OC(=O)C(C)(C)CC)CCCC1. The van der Waals surface area contributed by atoms with Crippen molar-refractivity contribution < 1.29 is 110 Å². The molecule has 2 aliphatic heterocycles. The van der Waals surface area contributed by atoms with Gasteiger partial charge >= 0.3 is 65.7 Å². The Bertz CT molecular complexity index is 3980. The first-order valence-electron chi connectivity index (χ1n) is 49.2. The lowest BCUT2D eigenvalue weighted by atomic mass is 9.72. The second-order valence-corrected chi connectivity index (χ2v) is 48.5. The third-order valence-corrected chi connectivity index (χ3v) is 32.8. The average Bonchev–Trinajstić information content (AvgIpc) is 1.55. The van der Waals surface area contributed by atoms with Crippen LogP contribution in [0.3, 0.4) is 0 Å². The van der Waals surface area contributed by atoms with Crippen molar-refractivity contribution in [2.24, 2.45) is 108 Å². The summed E-state index contributed by atoms with van der Waals surface area (Å²) in [4.78, 5) is 140. The normalized spacial score (nSPS) is 31.9. The van der Waals surface area contributed by atoms with E-state index in [2.05, 4.69) is 33.8 Å². The number of hydrogen-bond acceptors (Lipinski definition) is 24. The average molecular weight is 1800 g/mol. The van der Waals surface area contributed by atoms with Gasteiger partial charge in [0.2, 0.25) is 0 Å². The smallest absolute Gasteiger partial charge is 0.327 e. The molecule has 10 saturated carbocycles. The van der Waals surface area contributed by atoms with Crippen LogP contribution >= 0.6 is 0 Å². The standard InChI is InChI=1S/C23H38O6.C22H36O4.C21H31NO4.C21H36O4.C17H28O5/c1-10-22(8,9)17(24)27-16-12-15-11-14(16)13-23(15,18(25)28-20(2,3)4)19(26)29-21(5,6)7;1-6-20(3,4)18(23)25-17-13-16-12-15(17)14-21(16,5)19(24)26-22(7-2)10-8-9-11-22;1-5-19(2,3)17(23)25-16-11-15-10-14(16)12-21(15,13-22)18(24)26-20(4)8-6-7-9-20;1-9-19(4,5)17(22)24-16-11-15-10-14(16)12-21(15,8)18(23)25-20(6,7)13(2)3;1-7-17(5,6)15(19)21-12-9-10-8-11(13(12)20-10)14(18)22-16(2,3)4/h14-16H,10-13H2,1-9H3;15-17H,6-14H2,1-5H3;14-16H,5-12H2,1-4H3;13-16H,9-12H2,1-8H3;10-13H,7-9H2,1-6H3. The van der Waals surface area contributed by atoms with Gasteiger partial charge in [0.05, 0.1) is 56.0 Å². The number of nitriles is 1. The van der Waals surface area contributed by atoms with Gasteiger partial charge in [0.1, 0.15) is 70.2 Å². The molecule has 0 amide bonds. The Hall–Kier alpha value is -6.38. The maximum absolute atomic E-state index is 13.2. The first-order chi connectivity index (χ1) is 58.7. The van der Waals surface area contributed by atoms with Crippen molar-refractivity contribution in [1.82, 2.24) is 0 Å². The van der Waals surface area contributed by atoms with Crippen LogP contribution in [0, 0.1) is 119 Å². The van der Waals surface area contributed by atoms with Crippen molar-refractivity contribution in [3.63, 3.8) is 0 Å². The number of fused-ring (bicyclic) bond motifs is 10. The van der Waals surface area contributed by atoms with Crippen molar-refractivity contribution in [2.75, 3.05) is 0 Å². The fourth-order valence-corrected chi connectivity index (χ4v) is 20.9. The summed E-state index contributed by atoms with van der Waals surface area (Å²) in [7, 11) is 0. The number of carbonyl (C=O) groups excluding carboxylic acids is 11. The topological polar surface area (TPSA) is 322 Å². The van der Waals surface area contributed by atoms with Gasteiger partial charge in [0.15, 0.2) is 10.8 Å². The number of hydrogen-bond donors (Lipinski definition) is 0. The summed E-state index contributed by atoms with van der Waals surface area (Å²) >= 11 is 0. The monoisotopic (exact) mass is 1800 g/mol.